The lowest BCUT2D eigenvalue weighted by molar-refractivity contribution is 0.0511. The van der Waals surface area contributed by atoms with Gasteiger partial charge in [-0.05, 0) is 38.4 Å². The number of nitrogens with zero attached hydrogens (tertiary/aromatic N) is 4. The molecule has 3 heterocycles. The third-order valence-electron chi connectivity index (χ3n) is 5.08. The van der Waals surface area contributed by atoms with Crippen LogP contribution >= 0.6 is 0 Å². The van der Waals surface area contributed by atoms with Crippen molar-refractivity contribution in [2.75, 3.05) is 19.7 Å². The summed E-state index contributed by atoms with van der Waals surface area (Å²) >= 11 is 0. The lowest BCUT2D eigenvalue weighted by Crippen LogP contribution is -2.36. The Morgan fingerprint density at radius 1 is 1.38 bits per heavy atom. The minimum atomic E-state index is -2.82. The largest absolute Gasteiger partial charge is 0.462 e. The number of ether oxygens (including phenoxy) is 1. The predicted octanol–water partition coefficient (Wildman–Crippen LogP) is 3.98. The molecule has 0 saturated carbocycles. The van der Waals surface area contributed by atoms with Crippen molar-refractivity contribution in [2.45, 2.75) is 38.8 Å². The number of likely N-dealkylation sites (tertiary alicyclic amines) is 1. The Labute approximate surface area is 166 Å². The van der Waals surface area contributed by atoms with Crippen LogP contribution in [0.3, 0.4) is 0 Å². The number of carbonyl (C=O) groups excluding carboxylic acids is 1. The van der Waals surface area contributed by atoms with Crippen LogP contribution in [0.5, 0.6) is 0 Å². The number of halogens is 2. The van der Waals surface area contributed by atoms with Crippen LogP contribution in [0.4, 0.5) is 8.78 Å². The molecular weight excluding hydrogens is 382 g/mol. The molecule has 1 saturated heterocycles. The van der Waals surface area contributed by atoms with E-state index in [1.807, 2.05) is 29.2 Å². The van der Waals surface area contributed by atoms with Gasteiger partial charge in [0.25, 0.3) is 6.43 Å². The molecule has 1 atom stereocenters. The van der Waals surface area contributed by atoms with Crippen molar-refractivity contribution in [1.82, 2.24) is 19.7 Å². The van der Waals surface area contributed by atoms with Crippen LogP contribution in [0, 0.1) is 0 Å². The lowest BCUT2D eigenvalue weighted by atomic mass is 9.98. The Morgan fingerprint density at radius 2 is 2.21 bits per heavy atom. The van der Waals surface area contributed by atoms with Gasteiger partial charge in [-0.1, -0.05) is 12.1 Å². The van der Waals surface area contributed by atoms with E-state index in [1.165, 1.54) is 4.68 Å². The molecule has 9 heteroatoms. The van der Waals surface area contributed by atoms with Crippen molar-refractivity contribution in [3.05, 3.63) is 47.6 Å². The SMILES string of the molecule is CCOC(=O)c1cnn(CN2CCCC(c3nc4ccccc4o3)C2)c1C(F)F. The molecular formula is C20H22F2N4O3. The zero-order valence-corrected chi connectivity index (χ0v) is 16.1. The quantitative estimate of drug-likeness (QED) is 0.579. The molecule has 0 radical (unpaired) electrons. The van der Waals surface area contributed by atoms with Gasteiger partial charge in [0, 0.05) is 12.5 Å². The summed E-state index contributed by atoms with van der Waals surface area (Å²) < 4.78 is 39.2. The van der Waals surface area contributed by atoms with Crippen LogP contribution in [0.2, 0.25) is 0 Å². The van der Waals surface area contributed by atoms with E-state index >= 15 is 0 Å². The number of carbonyl (C=O) groups is 1. The Kier molecular flexibility index (Phi) is 5.57. The van der Waals surface area contributed by atoms with Gasteiger partial charge in [0.2, 0.25) is 0 Å². The molecule has 0 bridgehead atoms. The Bertz CT molecular complexity index is 968. The van der Waals surface area contributed by atoms with Gasteiger partial charge in [0.1, 0.15) is 16.8 Å². The van der Waals surface area contributed by atoms with Gasteiger partial charge in [-0.15, -0.1) is 0 Å². The summed E-state index contributed by atoms with van der Waals surface area (Å²) in [6.07, 6.45) is 0.133. The van der Waals surface area contributed by atoms with Gasteiger partial charge in [0.05, 0.1) is 19.5 Å². The van der Waals surface area contributed by atoms with Crippen LogP contribution in [0.1, 0.15) is 54.1 Å². The third-order valence-corrected chi connectivity index (χ3v) is 5.08. The van der Waals surface area contributed by atoms with E-state index in [0.717, 1.165) is 36.7 Å². The van der Waals surface area contributed by atoms with Crippen LogP contribution in [-0.4, -0.2) is 45.3 Å². The topological polar surface area (TPSA) is 73.4 Å². The second kappa shape index (κ2) is 8.28. The number of oxazole rings is 1. The maximum atomic E-state index is 13.6. The van der Waals surface area contributed by atoms with E-state index in [9.17, 15) is 13.6 Å². The highest BCUT2D eigenvalue weighted by Gasteiger charge is 2.29. The van der Waals surface area contributed by atoms with Crippen molar-refractivity contribution >= 4 is 17.1 Å². The number of para-hydroxylation sites is 2. The number of alkyl halides is 2. The molecule has 7 nitrogen and oxygen atoms in total. The van der Waals surface area contributed by atoms with Gasteiger partial charge in [-0.25, -0.2) is 23.2 Å². The molecule has 29 heavy (non-hydrogen) atoms. The van der Waals surface area contributed by atoms with Gasteiger partial charge in [0.15, 0.2) is 11.5 Å². The summed E-state index contributed by atoms with van der Waals surface area (Å²) in [6.45, 7) is 3.27. The lowest BCUT2D eigenvalue weighted by Gasteiger charge is -2.31. The summed E-state index contributed by atoms with van der Waals surface area (Å²) in [6, 6.07) is 7.59. The molecule has 1 fully saturated rings. The van der Waals surface area contributed by atoms with Crippen molar-refractivity contribution in [2.24, 2.45) is 0 Å². The summed E-state index contributed by atoms with van der Waals surface area (Å²) in [4.78, 5) is 18.6. The van der Waals surface area contributed by atoms with Crippen LogP contribution in [0.15, 0.2) is 34.9 Å². The van der Waals surface area contributed by atoms with E-state index in [2.05, 4.69) is 10.1 Å². The first-order valence-corrected chi connectivity index (χ1v) is 9.65. The molecule has 0 aliphatic carbocycles. The molecule has 0 amide bonds. The maximum absolute atomic E-state index is 13.6. The van der Waals surface area contributed by atoms with Crippen molar-refractivity contribution in [1.29, 1.82) is 0 Å². The van der Waals surface area contributed by atoms with E-state index in [1.54, 1.807) is 6.92 Å². The zero-order chi connectivity index (χ0) is 20.4. The first-order chi connectivity index (χ1) is 14.1. The fourth-order valence-electron chi connectivity index (χ4n) is 3.74. The van der Waals surface area contributed by atoms with Crippen molar-refractivity contribution in [3.63, 3.8) is 0 Å². The summed E-state index contributed by atoms with van der Waals surface area (Å²) in [7, 11) is 0. The first kappa shape index (κ1) is 19.5. The zero-order valence-electron chi connectivity index (χ0n) is 16.1. The number of hydrogen-bond acceptors (Lipinski definition) is 6. The molecule has 154 valence electrons. The number of aromatic nitrogens is 3. The standard InChI is InChI=1S/C20H22F2N4O3/c1-2-28-20(27)14-10-23-26(17(14)18(21)22)12-25-9-5-6-13(11-25)19-24-15-7-3-4-8-16(15)29-19/h3-4,7-8,10,13,18H,2,5-6,9,11-12H2,1H3. The first-order valence-electron chi connectivity index (χ1n) is 9.65. The van der Waals surface area contributed by atoms with Crippen LogP contribution in [0.25, 0.3) is 11.1 Å². The Balaban J connectivity index is 1.51. The van der Waals surface area contributed by atoms with Crippen LogP contribution < -0.4 is 0 Å². The molecule has 0 spiro atoms. The number of fused-ring (bicyclic) bond motifs is 1. The molecule has 1 unspecified atom stereocenters. The Morgan fingerprint density at radius 3 is 2.97 bits per heavy atom. The molecule has 2 aromatic heterocycles. The van der Waals surface area contributed by atoms with E-state index in [0.29, 0.717) is 12.4 Å². The number of benzene rings is 1. The normalized spacial score (nSPS) is 17.9. The molecule has 1 aliphatic heterocycles. The van der Waals surface area contributed by atoms with Gasteiger partial charge >= 0.3 is 5.97 Å². The van der Waals surface area contributed by atoms with Gasteiger partial charge < -0.3 is 9.15 Å². The summed E-state index contributed by atoms with van der Waals surface area (Å²) in [5, 5.41) is 4.02. The highest BCUT2D eigenvalue weighted by molar-refractivity contribution is 5.90. The second-order valence-electron chi connectivity index (χ2n) is 7.04. The highest BCUT2D eigenvalue weighted by Crippen LogP contribution is 2.30. The maximum Gasteiger partial charge on any atom is 0.341 e. The number of rotatable bonds is 6. The average Bonchev–Trinajstić information content (AvgIpc) is 3.32. The van der Waals surface area contributed by atoms with Crippen LogP contribution in [-0.2, 0) is 11.4 Å². The number of piperidine rings is 1. The van der Waals surface area contributed by atoms with E-state index in [4.69, 9.17) is 9.15 Å². The fraction of sp³-hybridized carbons (Fsp3) is 0.450. The fourth-order valence-corrected chi connectivity index (χ4v) is 3.74. The van der Waals surface area contributed by atoms with E-state index in [-0.39, 0.29) is 24.8 Å². The third kappa shape index (κ3) is 4.00. The summed E-state index contributed by atoms with van der Waals surface area (Å²) in [5.41, 5.74) is 0.957. The van der Waals surface area contributed by atoms with Gasteiger partial charge in [-0.2, -0.15) is 5.10 Å². The monoisotopic (exact) mass is 404 g/mol. The van der Waals surface area contributed by atoms with Crippen molar-refractivity contribution in [3.8, 4) is 0 Å². The molecule has 1 aromatic carbocycles. The molecule has 0 N–H and O–H groups in total. The van der Waals surface area contributed by atoms with Gasteiger partial charge in [-0.3, -0.25) is 4.90 Å². The minimum Gasteiger partial charge on any atom is -0.462 e. The smallest absolute Gasteiger partial charge is 0.341 e. The average molecular weight is 404 g/mol. The van der Waals surface area contributed by atoms with E-state index < -0.39 is 18.1 Å². The summed E-state index contributed by atoms with van der Waals surface area (Å²) in [5.74, 6) is -0.0408. The molecule has 4 rings (SSSR count). The number of esters is 1. The highest BCUT2D eigenvalue weighted by atomic mass is 19.3. The molecule has 3 aromatic rings. The number of hydrogen-bond donors (Lipinski definition) is 0. The van der Waals surface area contributed by atoms with Crippen molar-refractivity contribution < 1.29 is 22.7 Å². The molecule has 1 aliphatic rings. The Hall–Kier alpha value is -2.81. The minimum absolute atomic E-state index is 0.0752. The second-order valence-corrected chi connectivity index (χ2v) is 7.04. The predicted molar refractivity (Wildman–Crippen MR) is 101 cm³/mol.